The first kappa shape index (κ1) is 17.0. The molecule has 1 heteroatoms. The molecule has 0 aliphatic rings. The van der Waals surface area contributed by atoms with Gasteiger partial charge in [0.1, 0.15) is 0 Å². The molecule has 0 fully saturated rings. The van der Waals surface area contributed by atoms with Gasteiger partial charge < -0.3 is 4.48 Å². The molecule has 0 aromatic carbocycles. The molecule has 0 heterocycles. The average Bonchev–Trinajstić information content (AvgIpc) is 2.37. The van der Waals surface area contributed by atoms with Gasteiger partial charge in [0.05, 0.1) is 26.2 Å². The van der Waals surface area contributed by atoms with Crippen LogP contribution in [0.5, 0.6) is 0 Å². The standard InChI is InChI=1S/C16H36N/c1-5-9-13-17(14-10-6-2,15-11-7-3)16-12-8-4/h5-16H2,1-4H3/q+1/p+2. The topological polar surface area (TPSA) is 0 Å². The van der Waals surface area contributed by atoms with Gasteiger partial charge in [-0.15, -0.1) is 0 Å². The maximum absolute atomic E-state index is 2.33. The third kappa shape index (κ3) is 7.81. The lowest BCUT2D eigenvalue weighted by Gasteiger charge is -2.39. The van der Waals surface area contributed by atoms with Crippen molar-refractivity contribution in [1.29, 1.82) is 0 Å². The summed E-state index contributed by atoms with van der Waals surface area (Å²) in [7, 11) is 0. The molecule has 17 heavy (non-hydrogen) atoms. The highest BCUT2D eigenvalue weighted by atomic mass is 15.3. The van der Waals surface area contributed by atoms with Gasteiger partial charge in [-0.3, -0.25) is 0 Å². The Labute approximate surface area is 113 Å². The zero-order valence-electron chi connectivity index (χ0n) is 14.9. The molecule has 0 spiro atoms. The summed E-state index contributed by atoms with van der Waals surface area (Å²) in [6.07, 6.45) is 11.1. The lowest BCUT2D eigenvalue weighted by atomic mass is 10.1. The summed E-state index contributed by atoms with van der Waals surface area (Å²) in [5, 5.41) is 0. The molecule has 0 aromatic heterocycles. The monoisotopic (exact) mass is 244 g/mol. The highest BCUT2D eigenvalue weighted by Crippen LogP contribution is 2.16. The Balaban J connectivity index is -0.00000128. The highest BCUT2D eigenvalue weighted by Gasteiger charge is 2.24. The van der Waals surface area contributed by atoms with Gasteiger partial charge >= 0.3 is 2.85 Å². The van der Waals surface area contributed by atoms with Crippen molar-refractivity contribution < 1.29 is 7.34 Å². The SMILES string of the molecule is CCCC[N+](CCCC)(CCCC)CCCC.[H+].[H+]. The minimum atomic E-state index is 0. The van der Waals surface area contributed by atoms with E-state index >= 15 is 0 Å². The zero-order valence-corrected chi connectivity index (χ0v) is 12.9. The van der Waals surface area contributed by atoms with Crippen molar-refractivity contribution in [2.24, 2.45) is 0 Å². The van der Waals surface area contributed by atoms with E-state index in [9.17, 15) is 0 Å². The summed E-state index contributed by atoms with van der Waals surface area (Å²) in [6.45, 7) is 15.0. The molecule has 0 unspecified atom stereocenters. The first-order chi connectivity index (χ1) is 8.24. The van der Waals surface area contributed by atoms with Gasteiger partial charge in [0.2, 0.25) is 0 Å². The van der Waals surface area contributed by atoms with Gasteiger partial charge in [-0.25, -0.2) is 0 Å². The van der Waals surface area contributed by atoms with Crippen molar-refractivity contribution in [3.63, 3.8) is 0 Å². The molecule has 0 atom stereocenters. The van der Waals surface area contributed by atoms with E-state index < -0.39 is 0 Å². The maximum Gasteiger partial charge on any atom is 1.00 e. The highest BCUT2D eigenvalue weighted by molar-refractivity contribution is 4.49. The summed E-state index contributed by atoms with van der Waals surface area (Å²) >= 11 is 0. The van der Waals surface area contributed by atoms with Crippen LogP contribution in [0.25, 0.3) is 0 Å². The van der Waals surface area contributed by atoms with Crippen molar-refractivity contribution in [3.8, 4) is 0 Å². The van der Waals surface area contributed by atoms with Crippen LogP contribution in [0.4, 0.5) is 0 Å². The lowest BCUT2D eigenvalue weighted by Crippen LogP contribution is -2.50. The van der Waals surface area contributed by atoms with Gasteiger partial charge in [-0.05, 0) is 25.7 Å². The summed E-state index contributed by atoms with van der Waals surface area (Å²) < 4.78 is 1.42. The molecular weight excluding hydrogens is 206 g/mol. The number of unbranched alkanes of at least 4 members (excludes halogenated alkanes) is 4. The second-order valence-corrected chi connectivity index (χ2v) is 5.65. The predicted octanol–water partition coefficient (Wildman–Crippen LogP) is 5.23. The third-order valence-corrected chi connectivity index (χ3v) is 3.94. The molecule has 104 valence electrons. The molecule has 0 aliphatic heterocycles. The summed E-state index contributed by atoms with van der Waals surface area (Å²) in [6, 6.07) is 0. The fraction of sp³-hybridized carbons (Fsp3) is 1.00. The van der Waals surface area contributed by atoms with Crippen molar-refractivity contribution >= 4 is 0 Å². The molecular formula is C16H38N+3. The van der Waals surface area contributed by atoms with E-state index in [-0.39, 0.29) is 2.85 Å². The molecule has 0 saturated heterocycles. The predicted molar refractivity (Wildman–Crippen MR) is 81.6 cm³/mol. The Morgan fingerprint density at radius 1 is 0.529 bits per heavy atom. The van der Waals surface area contributed by atoms with Crippen molar-refractivity contribution in [1.82, 2.24) is 0 Å². The van der Waals surface area contributed by atoms with E-state index in [1.807, 2.05) is 0 Å². The minimum absolute atomic E-state index is 0. The van der Waals surface area contributed by atoms with E-state index in [0.29, 0.717) is 0 Å². The van der Waals surface area contributed by atoms with E-state index in [1.165, 1.54) is 82.0 Å². The Hall–Kier alpha value is -0.0400. The van der Waals surface area contributed by atoms with E-state index in [1.54, 1.807) is 0 Å². The van der Waals surface area contributed by atoms with Gasteiger partial charge in [-0.2, -0.15) is 0 Å². The molecule has 0 radical (unpaired) electrons. The normalized spacial score (nSPS) is 12.0. The van der Waals surface area contributed by atoms with Crippen LogP contribution >= 0.6 is 0 Å². The lowest BCUT2D eigenvalue weighted by molar-refractivity contribution is -0.929. The fourth-order valence-corrected chi connectivity index (χ4v) is 2.64. The fourth-order valence-electron chi connectivity index (χ4n) is 2.64. The van der Waals surface area contributed by atoms with Gasteiger partial charge in [0.25, 0.3) is 0 Å². The molecule has 0 bridgehead atoms. The molecule has 0 aromatic rings. The number of hydrogen-bond donors (Lipinski definition) is 0. The summed E-state index contributed by atoms with van der Waals surface area (Å²) in [5.41, 5.74) is 0. The smallest absolute Gasteiger partial charge is 0.324 e. The molecule has 0 amide bonds. The van der Waals surface area contributed by atoms with Crippen LogP contribution in [0.15, 0.2) is 0 Å². The second kappa shape index (κ2) is 11.1. The Bertz CT molecular complexity index is 125. The van der Waals surface area contributed by atoms with E-state index in [4.69, 9.17) is 0 Å². The Morgan fingerprint density at radius 3 is 0.941 bits per heavy atom. The average molecular weight is 244 g/mol. The zero-order chi connectivity index (χ0) is 13.0. The summed E-state index contributed by atoms with van der Waals surface area (Å²) in [5.74, 6) is 0. The molecule has 1 nitrogen and oxygen atoms in total. The molecule has 0 N–H and O–H groups in total. The number of quaternary nitrogens is 1. The second-order valence-electron chi connectivity index (χ2n) is 5.65. The first-order valence-electron chi connectivity index (χ1n) is 8.09. The van der Waals surface area contributed by atoms with Crippen LogP contribution in [0.1, 0.15) is 81.9 Å². The first-order valence-corrected chi connectivity index (χ1v) is 8.09. The third-order valence-electron chi connectivity index (χ3n) is 3.94. The van der Waals surface area contributed by atoms with Crippen molar-refractivity contribution in [2.45, 2.75) is 79.1 Å². The Morgan fingerprint density at radius 2 is 0.765 bits per heavy atom. The van der Waals surface area contributed by atoms with Crippen molar-refractivity contribution in [3.05, 3.63) is 0 Å². The van der Waals surface area contributed by atoms with Crippen molar-refractivity contribution in [2.75, 3.05) is 26.2 Å². The van der Waals surface area contributed by atoms with Gasteiger partial charge in [0.15, 0.2) is 0 Å². The van der Waals surface area contributed by atoms with Gasteiger partial charge in [-0.1, -0.05) is 53.4 Å². The van der Waals surface area contributed by atoms with Gasteiger partial charge in [0, 0.05) is 0 Å². The Kier molecular flexibility index (Phi) is 11.0. The van der Waals surface area contributed by atoms with Crippen LogP contribution in [0, 0.1) is 0 Å². The molecule has 0 saturated carbocycles. The summed E-state index contributed by atoms with van der Waals surface area (Å²) in [4.78, 5) is 0. The van der Waals surface area contributed by atoms with Crippen LogP contribution in [0.2, 0.25) is 0 Å². The number of rotatable bonds is 12. The van der Waals surface area contributed by atoms with E-state index in [0.717, 1.165) is 0 Å². The van der Waals surface area contributed by atoms with E-state index in [2.05, 4.69) is 27.7 Å². The van der Waals surface area contributed by atoms with Crippen LogP contribution in [-0.2, 0) is 0 Å². The van der Waals surface area contributed by atoms with Crippen LogP contribution < -0.4 is 0 Å². The molecule has 0 aliphatic carbocycles. The van der Waals surface area contributed by atoms with Crippen LogP contribution in [-0.4, -0.2) is 30.7 Å². The molecule has 0 rings (SSSR count). The number of hydrogen-bond acceptors (Lipinski definition) is 0. The maximum atomic E-state index is 2.33. The largest absolute Gasteiger partial charge is 1.00 e. The van der Waals surface area contributed by atoms with Crippen LogP contribution in [0.3, 0.4) is 0 Å². The minimum Gasteiger partial charge on any atom is -0.324 e. The quantitative estimate of drug-likeness (QED) is 0.412. The number of nitrogens with zero attached hydrogens (tertiary/aromatic N) is 1.